The summed E-state index contributed by atoms with van der Waals surface area (Å²) in [5, 5.41) is 3.75. The maximum absolute atomic E-state index is 12.0. The zero-order valence-corrected chi connectivity index (χ0v) is 9.17. The van der Waals surface area contributed by atoms with E-state index in [0.29, 0.717) is 11.3 Å². The van der Waals surface area contributed by atoms with Crippen LogP contribution in [0.3, 0.4) is 0 Å². The molecule has 0 fully saturated rings. The maximum atomic E-state index is 12.0. The number of hydrogen-bond acceptors (Lipinski definition) is 3. The number of rotatable bonds is 2. The van der Waals surface area contributed by atoms with Crippen LogP contribution in [0.1, 0.15) is 21.5 Å². The number of carbonyl (C=O) groups excluding carboxylic acids is 1. The fraction of sp³-hybridized carbons (Fsp3) is 0.0833. The van der Waals surface area contributed by atoms with E-state index in [-0.39, 0.29) is 5.78 Å². The van der Waals surface area contributed by atoms with E-state index < -0.39 is 0 Å². The number of ketones is 1. The van der Waals surface area contributed by atoms with Gasteiger partial charge in [0, 0.05) is 22.2 Å². The van der Waals surface area contributed by atoms with Crippen molar-refractivity contribution in [1.82, 2.24) is 0 Å². The zero-order chi connectivity index (χ0) is 10.8. The average Bonchev–Trinajstić information content (AvgIpc) is 2.74. The number of anilines is 1. The number of nitrogen functional groups attached to an aromatic ring is 1. The van der Waals surface area contributed by atoms with Crippen LogP contribution in [0.15, 0.2) is 35.0 Å². The molecule has 1 heterocycles. The Morgan fingerprint density at radius 3 is 2.80 bits per heavy atom. The topological polar surface area (TPSA) is 43.1 Å². The second-order valence-electron chi connectivity index (χ2n) is 3.36. The Bertz CT molecular complexity index is 488. The summed E-state index contributed by atoms with van der Waals surface area (Å²) in [7, 11) is 0. The van der Waals surface area contributed by atoms with Gasteiger partial charge in [0.1, 0.15) is 0 Å². The third kappa shape index (κ3) is 1.78. The molecular formula is C12H11NOS. The second-order valence-corrected chi connectivity index (χ2v) is 4.14. The summed E-state index contributed by atoms with van der Waals surface area (Å²) in [4.78, 5) is 12.0. The monoisotopic (exact) mass is 217 g/mol. The van der Waals surface area contributed by atoms with E-state index in [4.69, 9.17) is 5.73 Å². The van der Waals surface area contributed by atoms with Crippen LogP contribution in [-0.2, 0) is 0 Å². The molecule has 0 aliphatic rings. The van der Waals surface area contributed by atoms with Crippen molar-refractivity contribution >= 4 is 22.8 Å². The van der Waals surface area contributed by atoms with Crippen LogP contribution in [0, 0.1) is 6.92 Å². The van der Waals surface area contributed by atoms with Gasteiger partial charge in [-0.3, -0.25) is 4.79 Å². The van der Waals surface area contributed by atoms with Crippen LogP contribution in [0.4, 0.5) is 5.69 Å². The summed E-state index contributed by atoms with van der Waals surface area (Å²) in [6, 6.07) is 7.25. The van der Waals surface area contributed by atoms with Crippen LogP contribution in [0.2, 0.25) is 0 Å². The molecule has 0 aliphatic carbocycles. The molecule has 0 amide bonds. The lowest BCUT2D eigenvalue weighted by Gasteiger charge is -2.05. The normalized spacial score (nSPS) is 10.2. The van der Waals surface area contributed by atoms with Gasteiger partial charge in [-0.1, -0.05) is 12.1 Å². The molecule has 15 heavy (non-hydrogen) atoms. The summed E-state index contributed by atoms with van der Waals surface area (Å²) in [5.74, 6) is 0.0426. The quantitative estimate of drug-likeness (QED) is 0.621. The lowest BCUT2D eigenvalue weighted by Crippen LogP contribution is -2.04. The van der Waals surface area contributed by atoms with Crippen molar-refractivity contribution < 1.29 is 4.79 Å². The molecule has 2 N–H and O–H groups in total. The maximum Gasteiger partial charge on any atom is 0.194 e. The third-order valence-electron chi connectivity index (χ3n) is 2.40. The highest BCUT2D eigenvalue weighted by molar-refractivity contribution is 7.08. The zero-order valence-electron chi connectivity index (χ0n) is 8.36. The van der Waals surface area contributed by atoms with Gasteiger partial charge < -0.3 is 5.73 Å². The van der Waals surface area contributed by atoms with E-state index in [1.807, 2.05) is 35.9 Å². The van der Waals surface area contributed by atoms with Gasteiger partial charge in [-0.25, -0.2) is 0 Å². The summed E-state index contributed by atoms with van der Waals surface area (Å²) >= 11 is 1.52. The van der Waals surface area contributed by atoms with Gasteiger partial charge >= 0.3 is 0 Å². The van der Waals surface area contributed by atoms with Gasteiger partial charge in [-0.05, 0) is 30.0 Å². The van der Waals surface area contributed by atoms with E-state index in [9.17, 15) is 4.79 Å². The highest BCUT2D eigenvalue weighted by Gasteiger charge is 2.12. The van der Waals surface area contributed by atoms with E-state index in [2.05, 4.69) is 0 Å². The van der Waals surface area contributed by atoms with Gasteiger partial charge in [0.15, 0.2) is 5.78 Å². The van der Waals surface area contributed by atoms with Crippen molar-refractivity contribution in [2.45, 2.75) is 6.92 Å². The molecule has 0 spiro atoms. The molecular weight excluding hydrogens is 206 g/mol. The lowest BCUT2D eigenvalue weighted by molar-refractivity contribution is 0.103. The number of hydrogen-bond donors (Lipinski definition) is 1. The predicted molar refractivity (Wildman–Crippen MR) is 63.3 cm³/mol. The predicted octanol–water partition coefficient (Wildman–Crippen LogP) is 2.87. The van der Waals surface area contributed by atoms with Crippen LogP contribution >= 0.6 is 11.3 Å². The molecule has 0 atom stereocenters. The molecule has 0 unspecified atom stereocenters. The van der Waals surface area contributed by atoms with Crippen molar-refractivity contribution in [3.63, 3.8) is 0 Å². The number of thiophene rings is 1. The standard InChI is InChI=1S/C12H11NOS/c1-8-10(3-2-4-11(8)13)12(14)9-5-6-15-7-9/h2-7H,13H2,1H3. The third-order valence-corrected chi connectivity index (χ3v) is 3.09. The largest absolute Gasteiger partial charge is 0.398 e. The Morgan fingerprint density at radius 1 is 1.33 bits per heavy atom. The first-order valence-corrected chi connectivity index (χ1v) is 5.56. The van der Waals surface area contributed by atoms with Crippen molar-refractivity contribution in [2.24, 2.45) is 0 Å². The molecule has 2 rings (SSSR count). The minimum atomic E-state index is 0.0426. The Balaban J connectivity index is 2.47. The molecule has 2 aromatic rings. The molecule has 76 valence electrons. The molecule has 1 aromatic carbocycles. The molecule has 1 aromatic heterocycles. The Morgan fingerprint density at radius 2 is 2.13 bits per heavy atom. The molecule has 0 saturated heterocycles. The molecule has 0 bridgehead atoms. The summed E-state index contributed by atoms with van der Waals surface area (Å²) in [5.41, 5.74) is 8.70. The van der Waals surface area contributed by atoms with Crippen molar-refractivity contribution in [2.75, 3.05) is 5.73 Å². The highest BCUT2D eigenvalue weighted by Crippen LogP contribution is 2.20. The smallest absolute Gasteiger partial charge is 0.194 e. The van der Waals surface area contributed by atoms with Crippen molar-refractivity contribution in [3.8, 4) is 0 Å². The van der Waals surface area contributed by atoms with E-state index >= 15 is 0 Å². The summed E-state index contributed by atoms with van der Waals surface area (Å²) in [6.07, 6.45) is 0. The van der Waals surface area contributed by atoms with Crippen molar-refractivity contribution in [1.29, 1.82) is 0 Å². The van der Waals surface area contributed by atoms with E-state index in [1.54, 1.807) is 6.07 Å². The number of carbonyl (C=O) groups is 1. The molecule has 0 saturated carbocycles. The molecule has 0 radical (unpaired) electrons. The summed E-state index contributed by atoms with van der Waals surface area (Å²) < 4.78 is 0. The first-order chi connectivity index (χ1) is 7.20. The number of benzene rings is 1. The minimum absolute atomic E-state index is 0.0426. The van der Waals surface area contributed by atoms with E-state index in [0.717, 1.165) is 11.1 Å². The van der Waals surface area contributed by atoms with Crippen LogP contribution in [0.25, 0.3) is 0 Å². The van der Waals surface area contributed by atoms with Gasteiger partial charge in [-0.15, -0.1) is 0 Å². The van der Waals surface area contributed by atoms with E-state index in [1.165, 1.54) is 11.3 Å². The fourth-order valence-corrected chi connectivity index (χ4v) is 2.08. The SMILES string of the molecule is Cc1c(N)cccc1C(=O)c1ccsc1. The molecule has 3 heteroatoms. The average molecular weight is 217 g/mol. The second kappa shape index (κ2) is 3.87. The van der Waals surface area contributed by atoms with Crippen LogP contribution in [0.5, 0.6) is 0 Å². The number of nitrogens with two attached hydrogens (primary N) is 1. The Labute approximate surface area is 92.4 Å². The van der Waals surface area contributed by atoms with Gasteiger partial charge in [0.05, 0.1) is 0 Å². The summed E-state index contributed by atoms with van der Waals surface area (Å²) in [6.45, 7) is 1.87. The molecule has 2 nitrogen and oxygen atoms in total. The lowest BCUT2D eigenvalue weighted by atomic mass is 10.00. The minimum Gasteiger partial charge on any atom is -0.398 e. The first kappa shape index (κ1) is 9.93. The fourth-order valence-electron chi connectivity index (χ4n) is 1.45. The Kier molecular flexibility index (Phi) is 2.56. The Hall–Kier alpha value is -1.61. The van der Waals surface area contributed by atoms with Gasteiger partial charge in [0.2, 0.25) is 0 Å². The van der Waals surface area contributed by atoms with Gasteiger partial charge in [0.25, 0.3) is 0 Å². The van der Waals surface area contributed by atoms with Crippen LogP contribution < -0.4 is 5.73 Å². The van der Waals surface area contributed by atoms with Crippen LogP contribution in [-0.4, -0.2) is 5.78 Å². The first-order valence-electron chi connectivity index (χ1n) is 4.62. The van der Waals surface area contributed by atoms with Crippen molar-refractivity contribution in [3.05, 3.63) is 51.7 Å². The molecule has 0 aliphatic heterocycles. The highest BCUT2D eigenvalue weighted by atomic mass is 32.1. The van der Waals surface area contributed by atoms with Gasteiger partial charge in [-0.2, -0.15) is 11.3 Å².